The van der Waals surface area contributed by atoms with Gasteiger partial charge < -0.3 is 14.7 Å². The van der Waals surface area contributed by atoms with Crippen molar-refractivity contribution in [3.8, 4) is 11.4 Å². The van der Waals surface area contributed by atoms with Gasteiger partial charge in [0.25, 0.3) is 0 Å². The summed E-state index contributed by atoms with van der Waals surface area (Å²) in [6, 6.07) is 6.02. The van der Waals surface area contributed by atoms with Crippen LogP contribution in [0.1, 0.15) is 25.2 Å². The number of benzene rings is 1. The molecule has 0 saturated carbocycles. The second-order valence-corrected chi connectivity index (χ2v) is 7.52. The molecule has 7 nitrogen and oxygen atoms in total. The molecule has 0 unspecified atom stereocenters. The minimum absolute atomic E-state index is 0.0769. The fraction of sp³-hybridized carbons (Fsp3) is 0.550. The van der Waals surface area contributed by atoms with Crippen LogP contribution in [0.25, 0.3) is 11.4 Å². The van der Waals surface area contributed by atoms with E-state index < -0.39 is 0 Å². The monoisotopic (exact) mass is 389 g/mol. The Hall–Kier alpha value is -2.32. The van der Waals surface area contributed by atoms with Crippen LogP contribution in [0.4, 0.5) is 4.39 Å². The number of nitrogens with one attached hydrogen (secondary N) is 1. The van der Waals surface area contributed by atoms with Crippen LogP contribution in [0, 0.1) is 11.7 Å². The van der Waals surface area contributed by atoms with E-state index in [0.29, 0.717) is 18.3 Å². The van der Waals surface area contributed by atoms with E-state index in [9.17, 15) is 9.18 Å². The molecule has 1 N–H and O–H groups in total. The van der Waals surface area contributed by atoms with Gasteiger partial charge in [0, 0.05) is 18.0 Å². The molecule has 1 fully saturated rings. The summed E-state index contributed by atoms with van der Waals surface area (Å²) in [4.78, 5) is 21.0. The van der Waals surface area contributed by atoms with E-state index in [4.69, 9.17) is 4.52 Å². The third kappa shape index (κ3) is 5.84. The molecule has 0 atom stereocenters. The molecule has 152 valence electrons. The zero-order valence-electron chi connectivity index (χ0n) is 16.5. The lowest BCUT2D eigenvalue weighted by molar-refractivity contribution is -0.126. The summed E-state index contributed by atoms with van der Waals surface area (Å²) in [5.74, 6) is 0.938. The molecule has 1 aliphatic rings. The Balaban J connectivity index is 1.42. The number of hydrogen-bond donors (Lipinski definition) is 1. The van der Waals surface area contributed by atoms with Crippen molar-refractivity contribution in [1.82, 2.24) is 25.3 Å². The summed E-state index contributed by atoms with van der Waals surface area (Å²) in [5.41, 5.74) is 0.723. The minimum atomic E-state index is -0.294. The number of aromatic nitrogens is 2. The largest absolute Gasteiger partial charge is 0.356 e. The first-order chi connectivity index (χ1) is 13.5. The third-order valence-electron chi connectivity index (χ3n) is 4.97. The summed E-state index contributed by atoms with van der Waals surface area (Å²) in [6.45, 7) is 3.91. The average Bonchev–Trinajstić information content (AvgIpc) is 3.14. The second kappa shape index (κ2) is 9.75. The number of carbonyl (C=O) groups excluding carboxylic acids is 1. The van der Waals surface area contributed by atoms with Gasteiger partial charge in [0.15, 0.2) is 0 Å². The predicted octanol–water partition coefficient (Wildman–Crippen LogP) is 2.16. The number of carbonyl (C=O) groups is 1. The van der Waals surface area contributed by atoms with Gasteiger partial charge in [-0.3, -0.25) is 9.69 Å². The van der Waals surface area contributed by atoms with Gasteiger partial charge in [0.1, 0.15) is 5.82 Å². The molecule has 0 radical (unpaired) electrons. The molecule has 1 aliphatic heterocycles. The van der Waals surface area contributed by atoms with Gasteiger partial charge in [-0.1, -0.05) is 5.16 Å². The molecule has 0 spiro atoms. The molecule has 8 heteroatoms. The van der Waals surface area contributed by atoms with Crippen molar-refractivity contribution in [2.75, 3.05) is 40.3 Å². The maximum atomic E-state index is 13.0. The third-order valence-corrected chi connectivity index (χ3v) is 4.97. The second-order valence-electron chi connectivity index (χ2n) is 7.52. The number of piperidine rings is 1. The zero-order chi connectivity index (χ0) is 19.9. The summed E-state index contributed by atoms with van der Waals surface area (Å²) < 4.78 is 18.4. The van der Waals surface area contributed by atoms with Crippen LogP contribution in [-0.4, -0.2) is 66.1 Å². The minimum Gasteiger partial charge on any atom is -0.356 e. The Morgan fingerprint density at radius 2 is 2.00 bits per heavy atom. The Morgan fingerprint density at radius 1 is 1.29 bits per heavy atom. The van der Waals surface area contributed by atoms with E-state index in [1.807, 2.05) is 14.1 Å². The van der Waals surface area contributed by atoms with Crippen LogP contribution in [0.5, 0.6) is 0 Å². The summed E-state index contributed by atoms with van der Waals surface area (Å²) >= 11 is 0. The highest BCUT2D eigenvalue weighted by molar-refractivity contribution is 5.78. The number of halogens is 1. The van der Waals surface area contributed by atoms with Crippen molar-refractivity contribution in [1.29, 1.82) is 0 Å². The van der Waals surface area contributed by atoms with Gasteiger partial charge in [-0.05, 0) is 77.3 Å². The normalized spacial score (nSPS) is 15.9. The molecule has 3 rings (SSSR count). The topological polar surface area (TPSA) is 74.5 Å². The maximum Gasteiger partial charge on any atom is 0.241 e. The van der Waals surface area contributed by atoms with Crippen LogP contribution in [0.3, 0.4) is 0 Å². The highest BCUT2D eigenvalue weighted by Gasteiger charge is 2.25. The quantitative estimate of drug-likeness (QED) is 0.698. The van der Waals surface area contributed by atoms with Crippen molar-refractivity contribution >= 4 is 5.91 Å². The SMILES string of the molecule is CN(C)CCCNC(=O)C1CCN(Cc2nc(-c3ccc(F)cc3)no2)CC1. The molecule has 1 aromatic heterocycles. The highest BCUT2D eigenvalue weighted by atomic mass is 19.1. The first-order valence-corrected chi connectivity index (χ1v) is 9.74. The van der Waals surface area contributed by atoms with Crippen molar-refractivity contribution in [3.05, 3.63) is 36.0 Å². The Morgan fingerprint density at radius 3 is 2.68 bits per heavy atom. The molecular formula is C20H28FN5O2. The van der Waals surface area contributed by atoms with E-state index in [1.54, 1.807) is 12.1 Å². The standard InChI is InChI=1S/C20H28FN5O2/c1-25(2)11-3-10-22-20(27)16-8-12-26(13-9-16)14-18-23-19(24-28-18)15-4-6-17(21)7-5-15/h4-7,16H,3,8-14H2,1-2H3,(H,22,27). The first kappa shape index (κ1) is 20.4. The van der Waals surface area contributed by atoms with Crippen LogP contribution in [0.15, 0.2) is 28.8 Å². The molecule has 1 aromatic carbocycles. The van der Waals surface area contributed by atoms with Crippen molar-refractivity contribution in [3.63, 3.8) is 0 Å². The number of nitrogens with zero attached hydrogens (tertiary/aromatic N) is 4. The van der Waals surface area contributed by atoms with Gasteiger partial charge in [-0.25, -0.2) is 4.39 Å². The van der Waals surface area contributed by atoms with E-state index in [2.05, 4.69) is 25.3 Å². The van der Waals surface area contributed by atoms with Crippen molar-refractivity contribution < 1.29 is 13.7 Å². The van der Waals surface area contributed by atoms with Crippen LogP contribution >= 0.6 is 0 Å². The lowest BCUT2D eigenvalue weighted by atomic mass is 9.96. The van der Waals surface area contributed by atoms with Crippen LogP contribution in [0.2, 0.25) is 0 Å². The molecule has 2 aromatic rings. The van der Waals surface area contributed by atoms with Gasteiger partial charge in [0.05, 0.1) is 6.54 Å². The zero-order valence-corrected chi connectivity index (χ0v) is 16.5. The Kier molecular flexibility index (Phi) is 7.11. The molecular weight excluding hydrogens is 361 g/mol. The lowest BCUT2D eigenvalue weighted by Gasteiger charge is -2.30. The average molecular weight is 389 g/mol. The molecule has 2 heterocycles. The Labute approximate surface area is 164 Å². The summed E-state index contributed by atoms with van der Waals surface area (Å²) in [6.07, 6.45) is 2.63. The van der Waals surface area contributed by atoms with E-state index in [0.717, 1.165) is 51.0 Å². The van der Waals surface area contributed by atoms with E-state index in [1.165, 1.54) is 12.1 Å². The molecule has 0 bridgehead atoms. The first-order valence-electron chi connectivity index (χ1n) is 9.74. The Bertz CT molecular complexity index is 754. The molecule has 1 saturated heterocycles. The predicted molar refractivity (Wildman–Crippen MR) is 104 cm³/mol. The number of rotatable bonds is 8. The number of amides is 1. The molecule has 28 heavy (non-hydrogen) atoms. The van der Waals surface area contributed by atoms with Gasteiger partial charge in [-0.2, -0.15) is 4.98 Å². The van der Waals surface area contributed by atoms with Gasteiger partial charge in [0.2, 0.25) is 17.6 Å². The smallest absolute Gasteiger partial charge is 0.241 e. The van der Waals surface area contributed by atoms with E-state index in [-0.39, 0.29) is 17.6 Å². The van der Waals surface area contributed by atoms with Gasteiger partial charge >= 0.3 is 0 Å². The fourth-order valence-corrected chi connectivity index (χ4v) is 3.33. The highest BCUT2D eigenvalue weighted by Crippen LogP contribution is 2.20. The van der Waals surface area contributed by atoms with Gasteiger partial charge in [-0.15, -0.1) is 0 Å². The van der Waals surface area contributed by atoms with E-state index >= 15 is 0 Å². The molecule has 0 aliphatic carbocycles. The lowest BCUT2D eigenvalue weighted by Crippen LogP contribution is -2.40. The van der Waals surface area contributed by atoms with Crippen molar-refractivity contribution in [2.24, 2.45) is 5.92 Å². The van der Waals surface area contributed by atoms with Crippen LogP contribution < -0.4 is 5.32 Å². The maximum absolute atomic E-state index is 13.0. The number of likely N-dealkylation sites (tertiary alicyclic amines) is 1. The fourth-order valence-electron chi connectivity index (χ4n) is 3.33. The summed E-state index contributed by atoms with van der Waals surface area (Å²) in [7, 11) is 4.06. The molecule has 1 amide bonds. The number of hydrogen-bond acceptors (Lipinski definition) is 6. The van der Waals surface area contributed by atoms with Crippen molar-refractivity contribution in [2.45, 2.75) is 25.8 Å². The summed E-state index contributed by atoms with van der Waals surface area (Å²) in [5, 5.41) is 7.02. The van der Waals surface area contributed by atoms with Crippen LogP contribution in [-0.2, 0) is 11.3 Å².